The molecule has 0 aromatic heterocycles. The highest BCUT2D eigenvalue weighted by Gasteiger charge is 2.23. The first kappa shape index (κ1) is 19.0. The van der Waals surface area contributed by atoms with Gasteiger partial charge in [-0.15, -0.1) is 0 Å². The topological polar surface area (TPSA) is 32.3 Å². The Morgan fingerprint density at radius 2 is 1.24 bits per heavy atom. The lowest BCUT2D eigenvalue weighted by Gasteiger charge is -2.28. The van der Waals surface area contributed by atoms with Gasteiger partial charge >= 0.3 is 0 Å². The van der Waals surface area contributed by atoms with E-state index in [4.69, 9.17) is 0 Å². The maximum absolute atomic E-state index is 12.7. The Morgan fingerprint density at radius 1 is 0.759 bits per heavy atom. The Morgan fingerprint density at radius 3 is 1.76 bits per heavy atom. The van der Waals surface area contributed by atoms with Crippen LogP contribution in [-0.2, 0) is 4.79 Å². The highest BCUT2D eigenvalue weighted by atomic mass is 16.1. The third-order valence-electron chi connectivity index (χ3n) is 5.42. The van der Waals surface area contributed by atoms with Gasteiger partial charge in [-0.25, -0.2) is 0 Å². The molecule has 3 heteroatoms. The number of rotatable bonds is 6. The molecule has 1 aliphatic rings. The summed E-state index contributed by atoms with van der Waals surface area (Å²) < 4.78 is 0. The van der Waals surface area contributed by atoms with Crippen LogP contribution in [0.5, 0.6) is 0 Å². The summed E-state index contributed by atoms with van der Waals surface area (Å²) in [6.07, 6.45) is 6.14. The lowest BCUT2D eigenvalue weighted by Crippen LogP contribution is -2.27. The number of carbonyl (C=O) groups excluding carboxylic acids is 1. The Hall–Kier alpha value is -3.33. The van der Waals surface area contributed by atoms with Crippen molar-refractivity contribution in [1.82, 2.24) is 5.32 Å². The van der Waals surface area contributed by atoms with Crippen molar-refractivity contribution in [2.45, 2.75) is 25.7 Å². The van der Waals surface area contributed by atoms with Crippen LogP contribution in [0.2, 0.25) is 0 Å². The Balaban J connectivity index is 1.76. The molecule has 0 saturated heterocycles. The predicted molar refractivity (Wildman–Crippen MR) is 120 cm³/mol. The number of anilines is 2. The first-order chi connectivity index (χ1) is 14.3. The zero-order chi connectivity index (χ0) is 19.9. The molecule has 1 saturated carbocycles. The van der Waals surface area contributed by atoms with Crippen molar-refractivity contribution in [3.63, 3.8) is 0 Å². The molecule has 146 valence electrons. The molecule has 0 spiro atoms. The molecule has 3 aromatic carbocycles. The largest absolute Gasteiger partial charge is 0.330 e. The van der Waals surface area contributed by atoms with Crippen LogP contribution in [0.15, 0.2) is 97.2 Å². The number of nitrogens with zero attached hydrogens (tertiary/aromatic N) is 1. The highest BCUT2D eigenvalue weighted by Crippen LogP contribution is 2.34. The van der Waals surface area contributed by atoms with E-state index in [2.05, 4.69) is 46.6 Å². The van der Waals surface area contributed by atoms with Gasteiger partial charge in [0.15, 0.2) is 0 Å². The molecular weight excluding hydrogens is 356 g/mol. The quantitative estimate of drug-likeness (QED) is 0.556. The number of para-hydroxylation sites is 2. The van der Waals surface area contributed by atoms with Crippen molar-refractivity contribution in [3.8, 4) is 0 Å². The van der Waals surface area contributed by atoms with Gasteiger partial charge in [0.1, 0.15) is 0 Å². The number of benzene rings is 3. The monoisotopic (exact) mass is 382 g/mol. The third-order valence-corrected chi connectivity index (χ3v) is 5.42. The summed E-state index contributed by atoms with van der Waals surface area (Å²) in [5.74, 6) is 0.252. The van der Waals surface area contributed by atoms with Crippen LogP contribution in [0, 0.1) is 5.92 Å². The van der Waals surface area contributed by atoms with Crippen LogP contribution in [0.3, 0.4) is 0 Å². The molecule has 3 nitrogen and oxygen atoms in total. The van der Waals surface area contributed by atoms with Gasteiger partial charge in [0, 0.05) is 23.5 Å². The Kier molecular flexibility index (Phi) is 6.06. The predicted octanol–water partition coefficient (Wildman–Crippen LogP) is 6.13. The first-order valence-corrected chi connectivity index (χ1v) is 10.3. The third kappa shape index (κ3) is 4.57. The van der Waals surface area contributed by atoms with Gasteiger partial charge in [0.2, 0.25) is 5.91 Å². The molecule has 1 amide bonds. The minimum atomic E-state index is 0.122. The van der Waals surface area contributed by atoms with Gasteiger partial charge in [-0.1, -0.05) is 79.6 Å². The lowest BCUT2D eigenvalue weighted by molar-refractivity contribution is -0.123. The van der Waals surface area contributed by atoms with E-state index in [0.717, 1.165) is 48.3 Å². The van der Waals surface area contributed by atoms with Gasteiger partial charge in [0.05, 0.1) is 5.70 Å². The van der Waals surface area contributed by atoms with E-state index in [-0.39, 0.29) is 11.8 Å². The second-order valence-corrected chi connectivity index (χ2v) is 7.39. The standard InChI is InChI=1S/C26H26N2O/c29-26(22-14-10-11-15-22)27-20-25(21-12-4-1-5-13-21)28(23-16-6-2-7-17-23)24-18-8-3-9-19-24/h1-9,12-13,16-20,22H,10-11,14-15H2,(H,27,29)/b25-20-. The van der Waals surface area contributed by atoms with E-state index in [1.54, 1.807) is 0 Å². The summed E-state index contributed by atoms with van der Waals surface area (Å²) in [5, 5.41) is 3.10. The molecule has 0 atom stereocenters. The Labute approximate surface area is 172 Å². The Bertz CT molecular complexity index is 906. The van der Waals surface area contributed by atoms with Crippen LogP contribution in [-0.4, -0.2) is 5.91 Å². The summed E-state index contributed by atoms with van der Waals surface area (Å²) in [5.41, 5.74) is 4.08. The SMILES string of the molecule is O=C(N/C=C(/c1ccccc1)N(c1ccccc1)c1ccccc1)C1CCCC1. The summed E-state index contributed by atoms with van der Waals surface area (Å²) in [7, 11) is 0. The minimum absolute atomic E-state index is 0.122. The molecule has 1 aliphatic carbocycles. The molecule has 3 aromatic rings. The van der Waals surface area contributed by atoms with Crippen molar-refractivity contribution >= 4 is 23.0 Å². The van der Waals surface area contributed by atoms with Gasteiger partial charge < -0.3 is 10.2 Å². The number of hydrogen-bond donors (Lipinski definition) is 1. The molecule has 0 unspecified atom stereocenters. The second kappa shape index (κ2) is 9.24. The van der Waals surface area contributed by atoms with Gasteiger partial charge in [-0.05, 0) is 42.7 Å². The summed E-state index contributed by atoms with van der Waals surface area (Å²) in [4.78, 5) is 14.9. The smallest absolute Gasteiger partial charge is 0.227 e. The van der Waals surface area contributed by atoms with E-state index < -0.39 is 0 Å². The molecule has 0 bridgehead atoms. The van der Waals surface area contributed by atoms with Crippen LogP contribution >= 0.6 is 0 Å². The fourth-order valence-electron chi connectivity index (χ4n) is 3.91. The maximum atomic E-state index is 12.7. The lowest BCUT2D eigenvalue weighted by atomic mass is 10.1. The number of hydrogen-bond acceptors (Lipinski definition) is 2. The first-order valence-electron chi connectivity index (χ1n) is 10.3. The van der Waals surface area contributed by atoms with Crippen molar-refractivity contribution < 1.29 is 4.79 Å². The van der Waals surface area contributed by atoms with Crippen LogP contribution < -0.4 is 10.2 Å². The summed E-state index contributed by atoms with van der Waals surface area (Å²) in [6.45, 7) is 0. The molecule has 0 heterocycles. The molecule has 4 rings (SSSR count). The van der Waals surface area contributed by atoms with Crippen molar-refractivity contribution in [3.05, 3.63) is 103 Å². The molecular formula is C26H26N2O. The molecule has 0 radical (unpaired) electrons. The normalized spacial score (nSPS) is 14.6. The van der Waals surface area contributed by atoms with Gasteiger partial charge in [0.25, 0.3) is 0 Å². The molecule has 0 aliphatic heterocycles. The zero-order valence-corrected chi connectivity index (χ0v) is 16.5. The van der Waals surface area contributed by atoms with Gasteiger partial charge in [-0.2, -0.15) is 0 Å². The van der Waals surface area contributed by atoms with E-state index in [1.807, 2.05) is 60.8 Å². The number of carbonyl (C=O) groups is 1. The molecule has 1 N–H and O–H groups in total. The average Bonchev–Trinajstić information content (AvgIpc) is 3.33. The van der Waals surface area contributed by atoms with Crippen LogP contribution in [0.1, 0.15) is 31.2 Å². The fraction of sp³-hybridized carbons (Fsp3) is 0.192. The van der Waals surface area contributed by atoms with Crippen molar-refractivity contribution in [2.24, 2.45) is 5.92 Å². The van der Waals surface area contributed by atoms with E-state index in [9.17, 15) is 4.79 Å². The summed E-state index contributed by atoms with van der Waals surface area (Å²) in [6, 6.07) is 30.7. The minimum Gasteiger partial charge on any atom is -0.330 e. The van der Waals surface area contributed by atoms with Crippen molar-refractivity contribution in [2.75, 3.05) is 4.90 Å². The number of amides is 1. The van der Waals surface area contributed by atoms with Crippen LogP contribution in [0.4, 0.5) is 11.4 Å². The van der Waals surface area contributed by atoms with E-state index >= 15 is 0 Å². The molecule has 29 heavy (non-hydrogen) atoms. The highest BCUT2D eigenvalue weighted by molar-refractivity contribution is 5.89. The second-order valence-electron chi connectivity index (χ2n) is 7.39. The summed E-state index contributed by atoms with van der Waals surface area (Å²) >= 11 is 0. The van der Waals surface area contributed by atoms with E-state index in [1.165, 1.54) is 0 Å². The van der Waals surface area contributed by atoms with Crippen LogP contribution in [0.25, 0.3) is 5.70 Å². The van der Waals surface area contributed by atoms with Gasteiger partial charge in [-0.3, -0.25) is 4.79 Å². The maximum Gasteiger partial charge on any atom is 0.227 e. The number of nitrogens with one attached hydrogen (secondary N) is 1. The zero-order valence-electron chi connectivity index (χ0n) is 16.5. The average molecular weight is 383 g/mol. The van der Waals surface area contributed by atoms with E-state index in [0.29, 0.717) is 0 Å². The molecule has 1 fully saturated rings. The van der Waals surface area contributed by atoms with Crippen molar-refractivity contribution in [1.29, 1.82) is 0 Å². The fourth-order valence-corrected chi connectivity index (χ4v) is 3.91.